The van der Waals surface area contributed by atoms with Crippen LogP contribution >= 0.6 is 11.6 Å². The molecule has 5 nitrogen and oxygen atoms in total. The molecule has 0 saturated heterocycles. The predicted molar refractivity (Wildman–Crippen MR) is 85.3 cm³/mol. The Hall–Kier alpha value is -1.79. The van der Waals surface area contributed by atoms with E-state index in [1.807, 2.05) is 6.92 Å². The van der Waals surface area contributed by atoms with Gasteiger partial charge in [0, 0.05) is 17.8 Å². The molecule has 112 valence electrons. The summed E-state index contributed by atoms with van der Waals surface area (Å²) in [7, 11) is -3.77. The zero-order valence-corrected chi connectivity index (χ0v) is 13.1. The minimum Gasteiger partial charge on any atom is -0.383 e. The minimum atomic E-state index is -3.77. The molecule has 0 radical (unpaired) electrons. The number of sulfonamides is 1. The third-order valence-electron chi connectivity index (χ3n) is 2.67. The van der Waals surface area contributed by atoms with Gasteiger partial charge in [0.1, 0.15) is 0 Å². The van der Waals surface area contributed by atoms with Crippen LogP contribution in [0.25, 0.3) is 0 Å². The molecular formula is C14H16ClN3O2S. The van der Waals surface area contributed by atoms with Crippen molar-refractivity contribution < 1.29 is 8.42 Å². The Bertz CT molecular complexity index is 720. The number of anilines is 2. The van der Waals surface area contributed by atoms with Crippen LogP contribution in [0.2, 0.25) is 5.02 Å². The van der Waals surface area contributed by atoms with E-state index in [4.69, 9.17) is 11.6 Å². The van der Waals surface area contributed by atoms with E-state index in [0.29, 0.717) is 22.9 Å². The molecule has 0 bridgehead atoms. The second kappa shape index (κ2) is 6.78. The van der Waals surface area contributed by atoms with Crippen molar-refractivity contribution in [3.8, 4) is 0 Å². The van der Waals surface area contributed by atoms with E-state index in [2.05, 4.69) is 15.0 Å². The third-order valence-corrected chi connectivity index (χ3v) is 4.24. The normalized spacial score (nSPS) is 11.1. The maximum Gasteiger partial charge on any atom is 0.281 e. The first kappa shape index (κ1) is 15.6. The monoisotopic (exact) mass is 325 g/mol. The van der Waals surface area contributed by atoms with Gasteiger partial charge in [-0.1, -0.05) is 24.6 Å². The maximum atomic E-state index is 12.4. The van der Waals surface area contributed by atoms with E-state index >= 15 is 0 Å². The lowest BCUT2D eigenvalue weighted by molar-refractivity contribution is 0.598. The zero-order chi connectivity index (χ0) is 15.3. The number of nitrogens with one attached hydrogen (secondary N) is 2. The highest BCUT2D eigenvalue weighted by Crippen LogP contribution is 2.22. The zero-order valence-electron chi connectivity index (χ0n) is 11.5. The molecule has 0 aliphatic carbocycles. The Morgan fingerprint density at radius 2 is 2.05 bits per heavy atom. The molecule has 0 amide bonds. The summed E-state index contributed by atoms with van der Waals surface area (Å²) in [5.41, 5.74) is 0.878. The van der Waals surface area contributed by atoms with Crippen LogP contribution in [0, 0.1) is 0 Å². The van der Waals surface area contributed by atoms with Crippen LogP contribution in [-0.4, -0.2) is 19.9 Å². The minimum absolute atomic E-state index is 0.0292. The van der Waals surface area contributed by atoms with Crippen LogP contribution in [0.3, 0.4) is 0 Å². The molecule has 2 N–H and O–H groups in total. The number of benzene rings is 1. The smallest absolute Gasteiger partial charge is 0.281 e. The SMILES string of the molecule is CCCNc1cccnc1S(=O)(=O)Nc1cccc(Cl)c1. The van der Waals surface area contributed by atoms with Gasteiger partial charge >= 0.3 is 0 Å². The number of aromatic nitrogens is 1. The summed E-state index contributed by atoms with van der Waals surface area (Å²) in [6, 6.07) is 9.90. The molecule has 0 spiro atoms. The summed E-state index contributed by atoms with van der Waals surface area (Å²) in [5.74, 6) is 0. The number of hydrogen-bond acceptors (Lipinski definition) is 4. The Labute approximate surface area is 129 Å². The summed E-state index contributed by atoms with van der Waals surface area (Å²) in [4.78, 5) is 3.98. The summed E-state index contributed by atoms with van der Waals surface area (Å²) < 4.78 is 27.4. The number of halogens is 1. The van der Waals surface area contributed by atoms with Crippen molar-refractivity contribution >= 4 is 33.0 Å². The van der Waals surface area contributed by atoms with Crippen LogP contribution in [0.1, 0.15) is 13.3 Å². The maximum absolute atomic E-state index is 12.4. The molecular weight excluding hydrogens is 310 g/mol. The van der Waals surface area contributed by atoms with E-state index in [1.54, 1.807) is 36.4 Å². The molecule has 21 heavy (non-hydrogen) atoms. The van der Waals surface area contributed by atoms with Gasteiger partial charge in [-0.15, -0.1) is 0 Å². The van der Waals surface area contributed by atoms with E-state index in [9.17, 15) is 8.42 Å². The predicted octanol–water partition coefficient (Wildman–Crippen LogP) is 3.36. The van der Waals surface area contributed by atoms with Gasteiger partial charge in [0.25, 0.3) is 10.0 Å². The highest BCUT2D eigenvalue weighted by Gasteiger charge is 2.20. The number of pyridine rings is 1. The fraction of sp³-hybridized carbons (Fsp3) is 0.214. The van der Waals surface area contributed by atoms with Gasteiger partial charge in [0.15, 0.2) is 5.03 Å². The Morgan fingerprint density at radius 3 is 2.76 bits per heavy atom. The van der Waals surface area contributed by atoms with Crippen molar-refractivity contribution in [1.29, 1.82) is 0 Å². The van der Waals surface area contributed by atoms with Gasteiger partial charge in [-0.05, 0) is 36.8 Å². The first-order valence-electron chi connectivity index (χ1n) is 6.50. The quantitative estimate of drug-likeness (QED) is 0.854. The summed E-state index contributed by atoms with van der Waals surface area (Å²) in [6.45, 7) is 2.67. The lowest BCUT2D eigenvalue weighted by Crippen LogP contribution is -2.17. The van der Waals surface area contributed by atoms with Crippen molar-refractivity contribution in [1.82, 2.24) is 4.98 Å². The third kappa shape index (κ3) is 4.09. The fourth-order valence-electron chi connectivity index (χ4n) is 1.75. The molecule has 1 aromatic heterocycles. The van der Waals surface area contributed by atoms with Crippen molar-refractivity contribution in [3.63, 3.8) is 0 Å². The van der Waals surface area contributed by atoms with Crippen molar-refractivity contribution in [2.24, 2.45) is 0 Å². The second-order valence-electron chi connectivity index (χ2n) is 4.40. The van der Waals surface area contributed by atoms with Crippen molar-refractivity contribution in [2.45, 2.75) is 18.4 Å². The summed E-state index contributed by atoms with van der Waals surface area (Å²) in [5, 5.41) is 3.49. The van der Waals surface area contributed by atoms with Gasteiger partial charge in [0.2, 0.25) is 0 Å². The average Bonchev–Trinajstić information content (AvgIpc) is 2.45. The number of hydrogen-bond donors (Lipinski definition) is 2. The molecule has 0 atom stereocenters. The van der Waals surface area contributed by atoms with Crippen LogP contribution in [0.4, 0.5) is 11.4 Å². The molecule has 2 rings (SSSR count). The van der Waals surface area contributed by atoms with E-state index < -0.39 is 10.0 Å². The lowest BCUT2D eigenvalue weighted by Gasteiger charge is -2.12. The molecule has 1 heterocycles. The van der Waals surface area contributed by atoms with E-state index in [1.165, 1.54) is 6.20 Å². The van der Waals surface area contributed by atoms with Gasteiger partial charge in [-0.2, -0.15) is 8.42 Å². The first-order chi connectivity index (χ1) is 10.0. The van der Waals surface area contributed by atoms with Crippen LogP contribution in [-0.2, 0) is 10.0 Å². The average molecular weight is 326 g/mol. The Balaban J connectivity index is 2.31. The molecule has 0 unspecified atom stereocenters. The summed E-state index contributed by atoms with van der Waals surface area (Å²) in [6.07, 6.45) is 2.33. The molecule has 0 saturated carbocycles. The standard InChI is InChI=1S/C14H16ClN3O2S/c1-2-8-16-13-7-4-9-17-14(13)21(19,20)18-12-6-3-5-11(15)10-12/h3-7,9-10,16,18H,2,8H2,1H3. The molecule has 1 aromatic carbocycles. The van der Waals surface area contributed by atoms with Crippen LogP contribution in [0.5, 0.6) is 0 Å². The Kier molecular flexibility index (Phi) is 5.03. The molecule has 7 heteroatoms. The largest absolute Gasteiger partial charge is 0.383 e. The number of rotatable bonds is 6. The Morgan fingerprint density at radius 1 is 1.24 bits per heavy atom. The molecule has 0 aliphatic heterocycles. The molecule has 0 fully saturated rings. The van der Waals surface area contributed by atoms with Crippen molar-refractivity contribution in [2.75, 3.05) is 16.6 Å². The van der Waals surface area contributed by atoms with Gasteiger partial charge in [0.05, 0.1) is 11.4 Å². The molecule has 2 aromatic rings. The van der Waals surface area contributed by atoms with Crippen molar-refractivity contribution in [3.05, 3.63) is 47.6 Å². The number of nitrogens with zero attached hydrogens (tertiary/aromatic N) is 1. The topological polar surface area (TPSA) is 71.1 Å². The highest BCUT2D eigenvalue weighted by molar-refractivity contribution is 7.92. The van der Waals surface area contributed by atoms with Gasteiger partial charge in [-0.3, -0.25) is 4.72 Å². The molecule has 0 aliphatic rings. The second-order valence-corrected chi connectivity index (χ2v) is 6.43. The van der Waals surface area contributed by atoms with E-state index in [0.717, 1.165) is 6.42 Å². The van der Waals surface area contributed by atoms with Gasteiger partial charge < -0.3 is 5.32 Å². The highest BCUT2D eigenvalue weighted by atomic mass is 35.5. The van der Waals surface area contributed by atoms with Gasteiger partial charge in [-0.25, -0.2) is 4.98 Å². The lowest BCUT2D eigenvalue weighted by atomic mass is 10.3. The van der Waals surface area contributed by atoms with E-state index in [-0.39, 0.29) is 5.03 Å². The van der Waals surface area contributed by atoms with Crippen LogP contribution < -0.4 is 10.0 Å². The fourth-order valence-corrected chi connectivity index (χ4v) is 3.11. The van der Waals surface area contributed by atoms with Crippen LogP contribution in [0.15, 0.2) is 47.6 Å². The first-order valence-corrected chi connectivity index (χ1v) is 8.36. The summed E-state index contributed by atoms with van der Waals surface area (Å²) >= 11 is 5.86.